The standard InChI is InChI=1S/C36H33BO3/c1-35(2,38)36(3,4)40-37-23-17-19-30-33(21-23)39-32-15-9-14-24(34(30)32)22-16-18-29-27-12-6-5-10-25(27)26-11-7-8-13-28(26)31(29)20-22/h5-20,33,37-38H,21H2,1-4H3. The fraction of sp³-hybridized carbons (Fsp3) is 0.222. The second kappa shape index (κ2) is 9.09. The Kier molecular flexibility index (Phi) is 5.71. The zero-order valence-corrected chi connectivity index (χ0v) is 23.5. The highest BCUT2D eigenvalue weighted by Crippen LogP contribution is 2.47. The molecule has 0 bridgehead atoms. The molecular formula is C36H33BO3. The normalized spacial score (nSPS) is 16.9. The van der Waals surface area contributed by atoms with Crippen molar-refractivity contribution >= 4 is 45.4 Å². The highest BCUT2D eigenvalue weighted by Gasteiger charge is 2.37. The summed E-state index contributed by atoms with van der Waals surface area (Å²) in [6.45, 7) is 7.44. The summed E-state index contributed by atoms with van der Waals surface area (Å²) >= 11 is 0. The number of benzene rings is 5. The second-order valence-electron chi connectivity index (χ2n) is 12.1. The highest BCUT2D eigenvalue weighted by molar-refractivity contribution is 6.38. The average Bonchev–Trinajstić information content (AvgIpc) is 3.33. The maximum absolute atomic E-state index is 10.5. The lowest BCUT2D eigenvalue weighted by Crippen LogP contribution is -2.48. The Bertz CT molecular complexity index is 1840. The number of rotatable bonds is 5. The van der Waals surface area contributed by atoms with Crippen LogP contribution >= 0.6 is 0 Å². The molecule has 1 heterocycles. The van der Waals surface area contributed by atoms with E-state index in [1.807, 2.05) is 13.8 Å². The van der Waals surface area contributed by atoms with Crippen molar-refractivity contribution in [3.05, 3.63) is 108 Å². The van der Waals surface area contributed by atoms with E-state index in [2.05, 4.69) is 97.1 Å². The Balaban J connectivity index is 1.30. The van der Waals surface area contributed by atoms with E-state index >= 15 is 0 Å². The van der Waals surface area contributed by atoms with Crippen LogP contribution in [0.4, 0.5) is 0 Å². The Morgan fingerprint density at radius 1 is 0.750 bits per heavy atom. The Labute approximate surface area is 236 Å². The molecule has 7 rings (SSSR count). The van der Waals surface area contributed by atoms with E-state index < -0.39 is 11.2 Å². The van der Waals surface area contributed by atoms with Crippen LogP contribution in [0, 0.1) is 0 Å². The fourth-order valence-corrected chi connectivity index (χ4v) is 6.03. The predicted octanol–water partition coefficient (Wildman–Crippen LogP) is 8.16. The maximum atomic E-state index is 10.5. The van der Waals surface area contributed by atoms with Crippen LogP contribution in [0.3, 0.4) is 0 Å². The molecule has 1 aliphatic heterocycles. The first kappa shape index (κ1) is 25.1. The first-order chi connectivity index (χ1) is 19.2. The van der Waals surface area contributed by atoms with Gasteiger partial charge in [0.25, 0.3) is 0 Å². The molecule has 1 N–H and O–H groups in total. The molecule has 0 fully saturated rings. The zero-order valence-electron chi connectivity index (χ0n) is 23.5. The topological polar surface area (TPSA) is 38.7 Å². The van der Waals surface area contributed by atoms with Gasteiger partial charge < -0.3 is 14.5 Å². The fourth-order valence-electron chi connectivity index (χ4n) is 6.03. The smallest absolute Gasteiger partial charge is 0.305 e. The second-order valence-corrected chi connectivity index (χ2v) is 12.1. The van der Waals surface area contributed by atoms with Crippen molar-refractivity contribution < 1.29 is 14.5 Å². The number of fused-ring (bicyclic) bond motifs is 9. The molecular weight excluding hydrogens is 491 g/mol. The largest absolute Gasteiger partial charge is 0.485 e. The number of hydrogen-bond donors (Lipinski definition) is 1. The van der Waals surface area contributed by atoms with Crippen molar-refractivity contribution in [1.82, 2.24) is 0 Å². The number of hydrogen-bond acceptors (Lipinski definition) is 3. The number of allylic oxidation sites excluding steroid dienone is 2. The van der Waals surface area contributed by atoms with Gasteiger partial charge in [0.05, 0.1) is 11.2 Å². The van der Waals surface area contributed by atoms with E-state index in [9.17, 15) is 5.11 Å². The molecule has 0 aromatic heterocycles. The van der Waals surface area contributed by atoms with Gasteiger partial charge in [-0.2, -0.15) is 0 Å². The van der Waals surface area contributed by atoms with Gasteiger partial charge >= 0.3 is 7.48 Å². The van der Waals surface area contributed by atoms with Crippen molar-refractivity contribution in [2.75, 3.05) is 0 Å². The maximum Gasteiger partial charge on any atom is 0.305 e. The van der Waals surface area contributed by atoms with Gasteiger partial charge in [-0.1, -0.05) is 90.4 Å². The number of aliphatic hydroxyl groups is 1. The third-order valence-corrected chi connectivity index (χ3v) is 9.02. The van der Waals surface area contributed by atoms with E-state index in [1.54, 1.807) is 13.8 Å². The molecule has 0 saturated carbocycles. The molecule has 40 heavy (non-hydrogen) atoms. The monoisotopic (exact) mass is 524 g/mol. The summed E-state index contributed by atoms with van der Waals surface area (Å²) in [5.41, 5.74) is 4.38. The molecule has 1 aliphatic carbocycles. The van der Waals surface area contributed by atoms with Crippen LogP contribution in [0.15, 0.2) is 103 Å². The van der Waals surface area contributed by atoms with Gasteiger partial charge in [0.15, 0.2) is 0 Å². The lowest BCUT2D eigenvalue weighted by atomic mass is 9.76. The molecule has 0 amide bonds. The molecule has 4 heteroatoms. The first-order valence-corrected chi connectivity index (χ1v) is 14.1. The summed E-state index contributed by atoms with van der Waals surface area (Å²) in [5.74, 6) is 0.935. The molecule has 5 aromatic carbocycles. The van der Waals surface area contributed by atoms with E-state index in [0.29, 0.717) is 7.48 Å². The molecule has 2 aliphatic rings. The third kappa shape index (κ3) is 3.97. The average molecular weight is 524 g/mol. The van der Waals surface area contributed by atoms with Gasteiger partial charge in [-0.25, -0.2) is 0 Å². The van der Waals surface area contributed by atoms with Crippen molar-refractivity contribution in [2.24, 2.45) is 0 Å². The molecule has 0 saturated heterocycles. The van der Waals surface area contributed by atoms with Gasteiger partial charge in [-0.3, -0.25) is 0 Å². The zero-order chi connectivity index (χ0) is 27.6. The van der Waals surface area contributed by atoms with Crippen LogP contribution < -0.4 is 4.74 Å². The summed E-state index contributed by atoms with van der Waals surface area (Å²) in [7, 11) is 0.468. The van der Waals surface area contributed by atoms with Crippen LogP contribution in [0.5, 0.6) is 5.75 Å². The first-order valence-electron chi connectivity index (χ1n) is 14.1. The van der Waals surface area contributed by atoms with Gasteiger partial charge in [0.1, 0.15) is 11.9 Å². The van der Waals surface area contributed by atoms with Gasteiger partial charge in [0, 0.05) is 17.6 Å². The van der Waals surface area contributed by atoms with E-state index in [0.717, 1.165) is 12.2 Å². The van der Waals surface area contributed by atoms with E-state index in [1.165, 1.54) is 60.1 Å². The molecule has 0 spiro atoms. The van der Waals surface area contributed by atoms with Gasteiger partial charge in [-0.15, -0.1) is 0 Å². The molecule has 198 valence electrons. The Morgan fingerprint density at radius 3 is 2.02 bits per heavy atom. The van der Waals surface area contributed by atoms with Crippen molar-refractivity contribution in [2.45, 2.75) is 51.4 Å². The Morgan fingerprint density at radius 2 is 1.38 bits per heavy atom. The lowest BCUT2D eigenvalue weighted by Gasteiger charge is -2.38. The van der Waals surface area contributed by atoms with Crippen LogP contribution in [-0.2, 0) is 4.65 Å². The van der Waals surface area contributed by atoms with Gasteiger partial charge in [0.2, 0.25) is 0 Å². The minimum absolute atomic E-state index is 0.0322. The molecule has 0 radical (unpaired) electrons. The minimum atomic E-state index is -0.935. The van der Waals surface area contributed by atoms with Gasteiger partial charge in [-0.05, 0) is 83.3 Å². The summed E-state index contributed by atoms with van der Waals surface area (Å²) in [6.07, 6.45) is 5.11. The molecule has 3 nitrogen and oxygen atoms in total. The Hall–Kier alpha value is -3.86. The molecule has 1 unspecified atom stereocenters. The van der Waals surface area contributed by atoms with Crippen LogP contribution in [0.2, 0.25) is 0 Å². The summed E-state index contributed by atoms with van der Waals surface area (Å²) in [5, 5.41) is 18.2. The molecule has 5 aromatic rings. The van der Waals surface area contributed by atoms with Crippen molar-refractivity contribution in [3.63, 3.8) is 0 Å². The van der Waals surface area contributed by atoms with Crippen LogP contribution in [-0.4, -0.2) is 29.9 Å². The number of ether oxygens (including phenoxy) is 1. The van der Waals surface area contributed by atoms with E-state index in [4.69, 9.17) is 9.39 Å². The van der Waals surface area contributed by atoms with E-state index in [-0.39, 0.29) is 6.10 Å². The summed E-state index contributed by atoms with van der Waals surface area (Å²) < 4.78 is 12.7. The van der Waals surface area contributed by atoms with Crippen molar-refractivity contribution in [3.8, 4) is 16.9 Å². The van der Waals surface area contributed by atoms with Crippen LogP contribution in [0.1, 0.15) is 39.7 Å². The third-order valence-electron chi connectivity index (χ3n) is 9.02. The predicted molar refractivity (Wildman–Crippen MR) is 168 cm³/mol. The highest BCUT2D eigenvalue weighted by atomic mass is 16.5. The minimum Gasteiger partial charge on any atom is -0.485 e. The summed E-state index contributed by atoms with van der Waals surface area (Å²) in [6, 6.07) is 30.7. The SMILES string of the molecule is CC(C)(O)C(C)(C)OBC1=CC=C2c3c(cccc3-c3ccc4c5ccccc5c5ccccc5c4c3)OC2C1. The lowest BCUT2D eigenvalue weighted by molar-refractivity contribution is -0.0897. The van der Waals surface area contributed by atoms with Crippen LogP contribution in [0.25, 0.3) is 49.0 Å². The van der Waals surface area contributed by atoms with Crippen molar-refractivity contribution in [1.29, 1.82) is 0 Å². The quantitative estimate of drug-likeness (QED) is 0.186. The molecule has 1 atom stereocenters. The summed E-state index contributed by atoms with van der Waals surface area (Å²) in [4.78, 5) is 0.